The quantitative estimate of drug-likeness (QED) is 0.198. The van der Waals surface area contributed by atoms with Crippen LogP contribution < -0.4 is 16.0 Å². The van der Waals surface area contributed by atoms with Crippen LogP contribution in [0.1, 0.15) is 18.1 Å². The van der Waals surface area contributed by atoms with Crippen molar-refractivity contribution in [3.05, 3.63) is 84.2 Å². The van der Waals surface area contributed by atoms with Crippen molar-refractivity contribution in [3.63, 3.8) is 0 Å². The van der Waals surface area contributed by atoms with E-state index in [-0.39, 0.29) is 11.7 Å². The third kappa shape index (κ3) is 5.30. The molecule has 0 saturated carbocycles. The average molecular weight is 559 g/mol. The number of pyridine rings is 1. The Bertz CT molecular complexity index is 1710. The largest absolute Gasteiger partial charge is 0.418 e. The number of aryl methyl sites for hydroxylation is 1. The monoisotopic (exact) mass is 558 g/mol. The highest BCUT2D eigenvalue weighted by molar-refractivity contribution is 5.90. The van der Waals surface area contributed by atoms with Gasteiger partial charge in [0.2, 0.25) is 0 Å². The van der Waals surface area contributed by atoms with Gasteiger partial charge < -0.3 is 25.7 Å². The van der Waals surface area contributed by atoms with Crippen LogP contribution in [0, 0.1) is 6.92 Å². The molecule has 3 aromatic carbocycles. The predicted octanol–water partition coefficient (Wildman–Crippen LogP) is 7.17. The fourth-order valence-electron chi connectivity index (χ4n) is 5.18. The maximum atomic E-state index is 14.2. The molecule has 1 saturated heterocycles. The predicted molar refractivity (Wildman–Crippen MR) is 156 cm³/mol. The summed E-state index contributed by atoms with van der Waals surface area (Å²) in [6.07, 6.45) is -2.92. The van der Waals surface area contributed by atoms with Crippen LogP contribution in [0.3, 0.4) is 0 Å². The molecule has 0 unspecified atom stereocenters. The van der Waals surface area contributed by atoms with Gasteiger partial charge in [0.05, 0.1) is 48.0 Å². The zero-order valence-electron chi connectivity index (χ0n) is 22.6. The summed E-state index contributed by atoms with van der Waals surface area (Å²) in [7, 11) is 0. The smallest absolute Gasteiger partial charge is 0.399 e. The third-order valence-corrected chi connectivity index (χ3v) is 7.39. The van der Waals surface area contributed by atoms with Gasteiger partial charge in [0.1, 0.15) is 5.52 Å². The van der Waals surface area contributed by atoms with E-state index >= 15 is 0 Å². The summed E-state index contributed by atoms with van der Waals surface area (Å²) in [6.45, 7) is 5.91. The second kappa shape index (κ2) is 10.4. The summed E-state index contributed by atoms with van der Waals surface area (Å²) in [5.41, 5.74) is 11.2. The first kappa shape index (κ1) is 26.6. The number of hydrogen-bond donors (Lipinski definition) is 3. The Labute approximate surface area is 235 Å². The Morgan fingerprint density at radius 3 is 2.56 bits per heavy atom. The van der Waals surface area contributed by atoms with E-state index in [1.54, 1.807) is 42.7 Å². The molecule has 1 aliphatic heterocycles. The number of H-pyrrole nitrogens is 1. The Morgan fingerprint density at radius 1 is 1.02 bits per heavy atom. The lowest BCUT2D eigenvalue weighted by Crippen LogP contribution is -2.44. The summed E-state index contributed by atoms with van der Waals surface area (Å²) in [4.78, 5) is 14.9. The van der Waals surface area contributed by atoms with Crippen LogP contribution >= 0.6 is 0 Å². The molecule has 0 spiro atoms. The minimum Gasteiger partial charge on any atom is -0.399 e. The number of ether oxygens (including phenoxy) is 1. The summed E-state index contributed by atoms with van der Waals surface area (Å²) in [5, 5.41) is 3.01. The van der Waals surface area contributed by atoms with Gasteiger partial charge in [-0.05, 0) is 73.0 Å². The Hall–Kier alpha value is -4.57. The number of aromatic amines is 1. The van der Waals surface area contributed by atoms with E-state index in [4.69, 9.17) is 15.5 Å². The number of alkyl halides is 3. The first-order valence-electron chi connectivity index (χ1n) is 13.3. The maximum absolute atomic E-state index is 14.2. The summed E-state index contributed by atoms with van der Waals surface area (Å²) in [5.74, 6) is 0.755. The molecule has 210 valence electrons. The number of nitrogens with two attached hydrogens (primary N) is 1. The number of aromatic nitrogens is 3. The molecule has 10 heteroatoms. The molecule has 1 atom stereocenters. The van der Waals surface area contributed by atoms with Crippen LogP contribution in [0.4, 0.5) is 36.1 Å². The van der Waals surface area contributed by atoms with Crippen molar-refractivity contribution in [2.24, 2.45) is 0 Å². The van der Waals surface area contributed by atoms with Gasteiger partial charge in [0.25, 0.3) is 0 Å². The van der Waals surface area contributed by atoms with Gasteiger partial charge in [-0.2, -0.15) is 13.2 Å². The molecule has 0 radical (unpaired) electrons. The van der Waals surface area contributed by atoms with Crippen molar-refractivity contribution in [2.45, 2.75) is 26.1 Å². The minimum atomic E-state index is -4.56. The number of nitrogens with one attached hydrogen (secondary N) is 2. The number of halogens is 3. The average Bonchev–Trinajstić information content (AvgIpc) is 3.43. The van der Waals surface area contributed by atoms with Crippen LogP contribution in [0.15, 0.2) is 73.1 Å². The molecule has 1 aliphatic rings. The molecule has 41 heavy (non-hydrogen) atoms. The number of nitrogen functional groups attached to an aromatic ring is 1. The second-order valence-corrected chi connectivity index (χ2v) is 10.3. The molecule has 1 fully saturated rings. The van der Waals surface area contributed by atoms with Crippen LogP contribution in [0.5, 0.6) is 0 Å². The van der Waals surface area contributed by atoms with Crippen molar-refractivity contribution in [3.8, 4) is 22.4 Å². The maximum Gasteiger partial charge on any atom is 0.418 e. The molecule has 4 N–H and O–H groups in total. The molecule has 0 bridgehead atoms. The zero-order valence-corrected chi connectivity index (χ0v) is 22.6. The van der Waals surface area contributed by atoms with E-state index in [2.05, 4.69) is 27.1 Å². The third-order valence-electron chi connectivity index (χ3n) is 7.39. The van der Waals surface area contributed by atoms with Crippen molar-refractivity contribution in [1.29, 1.82) is 0 Å². The van der Waals surface area contributed by atoms with Gasteiger partial charge in [-0.25, -0.2) is 9.97 Å². The first-order chi connectivity index (χ1) is 19.7. The van der Waals surface area contributed by atoms with Gasteiger partial charge >= 0.3 is 6.18 Å². The Kier molecular flexibility index (Phi) is 6.78. The van der Waals surface area contributed by atoms with E-state index in [1.807, 2.05) is 25.1 Å². The lowest BCUT2D eigenvalue weighted by atomic mass is 10.0. The number of nitrogens with zero attached hydrogens (tertiary/aromatic N) is 3. The molecule has 3 heterocycles. The van der Waals surface area contributed by atoms with E-state index in [9.17, 15) is 13.2 Å². The topological polar surface area (TPSA) is 92.1 Å². The Balaban J connectivity index is 1.38. The molecule has 7 nitrogen and oxygen atoms in total. The number of rotatable bonds is 5. The molecule has 0 amide bonds. The minimum absolute atomic E-state index is 0.0358. The number of benzene rings is 3. The van der Waals surface area contributed by atoms with Gasteiger partial charge in [-0.1, -0.05) is 24.3 Å². The van der Waals surface area contributed by atoms with Crippen LogP contribution in [-0.2, 0) is 10.9 Å². The molecular weight excluding hydrogens is 529 g/mol. The Morgan fingerprint density at radius 2 is 1.80 bits per heavy atom. The molecule has 0 aliphatic carbocycles. The number of anilines is 4. The fraction of sp³-hybridized carbons (Fsp3) is 0.226. The van der Waals surface area contributed by atoms with Crippen molar-refractivity contribution in [1.82, 2.24) is 15.0 Å². The lowest BCUT2D eigenvalue weighted by molar-refractivity contribution is -0.136. The highest BCUT2D eigenvalue weighted by Crippen LogP contribution is 2.40. The summed E-state index contributed by atoms with van der Waals surface area (Å²) in [6, 6.07) is 18.6. The van der Waals surface area contributed by atoms with Crippen molar-refractivity contribution < 1.29 is 17.9 Å². The van der Waals surface area contributed by atoms with Gasteiger partial charge in [-0.15, -0.1) is 0 Å². The molecular formula is C31H29F3N6O. The van der Waals surface area contributed by atoms with E-state index in [0.29, 0.717) is 48.0 Å². The molecule has 2 aromatic heterocycles. The van der Waals surface area contributed by atoms with Crippen LogP contribution in [-0.4, -0.2) is 40.8 Å². The van der Waals surface area contributed by atoms with Crippen molar-refractivity contribution in [2.75, 3.05) is 35.7 Å². The fourth-order valence-corrected chi connectivity index (χ4v) is 5.18. The first-order valence-corrected chi connectivity index (χ1v) is 13.3. The number of imidazole rings is 1. The van der Waals surface area contributed by atoms with E-state index in [0.717, 1.165) is 34.0 Å². The lowest BCUT2D eigenvalue weighted by Gasteiger charge is -2.34. The molecule has 5 aromatic rings. The number of hydrogen-bond acceptors (Lipinski definition) is 6. The highest BCUT2D eigenvalue weighted by Gasteiger charge is 2.34. The van der Waals surface area contributed by atoms with Gasteiger partial charge in [0.15, 0.2) is 5.82 Å². The van der Waals surface area contributed by atoms with Crippen molar-refractivity contribution >= 4 is 33.9 Å². The number of morpholine rings is 1. The number of fused-ring (bicyclic) bond motifs is 1. The zero-order chi connectivity index (χ0) is 28.7. The van der Waals surface area contributed by atoms with Gasteiger partial charge in [0, 0.05) is 23.5 Å². The summed E-state index contributed by atoms with van der Waals surface area (Å²) >= 11 is 0. The van der Waals surface area contributed by atoms with E-state index in [1.165, 1.54) is 6.07 Å². The standard InChI is InChI=1S/C31H29F3N6O/c1-18-3-9-23(38-26-10-6-21(13-25(26)31(32,33)34)20-4-7-22(35)8-5-20)14-24(18)27-15-28-29(37-17-36-28)30(39-27)40-11-12-41-16-19(40)2/h3-10,13-15,17,19,38H,11-12,16,35H2,1-2H3,(H,36,37)/t19-/m1/s1. The highest BCUT2D eigenvalue weighted by atomic mass is 19.4. The van der Waals surface area contributed by atoms with Crippen LogP contribution in [0.2, 0.25) is 0 Å². The second-order valence-electron chi connectivity index (χ2n) is 10.3. The molecule has 6 rings (SSSR count). The summed E-state index contributed by atoms with van der Waals surface area (Å²) < 4.78 is 48.2. The van der Waals surface area contributed by atoms with E-state index < -0.39 is 11.7 Å². The van der Waals surface area contributed by atoms with Gasteiger partial charge in [-0.3, -0.25) is 0 Å². The van der Waals surface area contributed by atoms with Crippen LogP contribution in [0.25, 0.3) is 33.4 Å². The SMILES string of the molecule is Cc1ccc(Nc2ccc(-c3ccc(N)cc3)cc2C(F)(F)F)cc1-c1cc2[nH]cnc2c(N2CCOC[C@H]2C)n1. The normalized spacial score (nSPS) is 15.8.